The molecule has 2 aliphatic heterocycles. The fourth-order valence-corrected chi connectivity index (χ4v) is 10.5. The summed E-state index contributed by atoms with van der Waals surface area (Å²) in [4.78, 5) is 57.9. The van der Waals surface area contributed by atoms with Gasteiger partial charge in [-0.25, -0.2) is 4.90 Å². The first-order valence-electron chi connectivity index (χ1n) is 15.7. The molecule has 2 saturated heterocycles. The van der Waals surface area contributed by atoms with Crippen LogP contribution in [0, 0.1) is 36.0 Å². The van der Waals surface area contributed by atoms with Gasteiger partial charge in [-0.3, -0.25) is 29.1 Å². The van der Waals surface area contributed by atoms with Gasteiger partial charge >= 0.3 is 0 Å². The molecule has 6 atom stereocenters. The summed E-state index contributed by atoms with van der Waals surface area (Å²) in [6.07, 6.45) is 2.10. The van der Waals surface area contributed by atoms with E-state index in [1.54, 1.807) is 32.2 Å². The zero-order valence-corrected chi connectivity index (χ0v) is 29.9. The van der Waals surface area contributed by atoms with E-state index in [9.17, 15) is 29.5 Å². The number of benzene rings is 2. The topological polar surface area (TPSA) is 142 Å². The number of methoxy groups -OCH3 is 1. The van der Waals surface area contributed by atoms with E-state index in [1.165, 1.54) is 28.0 Å². The summed E-state index contributed by atoms with van der Waals surface area (Å²) in [6.45, 7) is 3.71. The van der Waals surface area contributed by atoms with Gasteiger partial charge in [-0.05, 0) is 73.9 Å². The number of hydrogen-bond donors (Lipinski definition) is 2. The smallest absolute Gasteiger partial charge is 0.257 e. The average molecular weight is 766 g/mol. The predicted molar refractivity (Wildman–Crippen MR) is 184 cm³/mol. The van der Waals surface area contributed by atoms with Crippen LogP contribution in [-0.2, 0) is 26.2 Å². The molecule has 2 N–H and O–H groups in total. The van der Waals surface area contributed by atoms with Gasteiger partial charge in [-0.1, -0.05) is 39.2 Å². The molecule has 0 unspecified atom stereocenters. The molecule has 49 heavy (non-hydrogen) atoms. The summed E-state index contributed by atoms with van der Waals surface area (Å²) < 4.78 is 8.59. The third-order valence-electron chi connectivity index (χ3n) is 11.1. The number of hydrogen-bond acceptors (Lipinski definition) is 9. The maximum absolute atomic E-state index is 15.0. The lowest BCUT2D eigenvalue weighted by molar-refractivity contribution is -0.173. The van der Waals surface area contributed by atoms with Crippen molar-refractivity contribution in [2.45, 2.75) is 32.6 Å². The number of fused-ring (bicyclic) bond motifs is 5. The SMILES string of the molecule is COc1cc(Br)cc([C@H]2C3=CC[C@@H]4C(=O)N(O)C(=O)[C@@H]4[C@@H]3C[C@H]3C(=O)N(c4cc(-c5sc6ccc(Cl)cc6c5C)nn4C)C(=O)[C@@]23C)c1O. The van der Waals surface area contributed by atoms with E-state index in [4.69, 9.17) is 21.4 Å². The van der Waals surface area contributed by atoms with Gasteiger partial charge < -0.3 is 9.84 Å². The Hall–Kier alpha value is -4.04. The van der Waals surface area contributed by atoms with Crippen molar-refractivity contribution in [3.63, 3.8) is 0 Å². The van der Waals surface area contributed by atoms with Crippen LogP contribution in [0.4, 0.5) is 5.82 Å². The molecule has 2 aromatic heterocycles. The molecular weight excluding hydrogens is 736 g/mol. The largest absolute Gasteiger partial charge is 0.504 e. The van der Waals surface area contributed by atoms with Crippen molar-refractivity contribution < 1.29 is 34.2 Å². The molecule has 4 aromatic rings. The number of aromatic hydroxyl groups is 1. The highest BCUT2D eigenvalue weighted by atomic mass is 79.9. The number of amides is 4. The second-order valence-electron chi connectivity index (χ2n) is 13.4. The normalized spacial score (nSPS) is 27.9. The molecule has 2 aliphatic carbocycles. The minimum absolute atomic E-state index is 0.0979. The fourth-order valence-electron chi connectivity index (χ4n) is 8.75. The molecule has 14 heteroatoms. The third kappa shape index (κ3) is 4.31. The van der Waals surface area contributed by atoms with Crippen LogP contribution in [0.5, 0.6) is 11.5 Å². The maximum atomic E-state index is 15.0. The molecule has 2 aromatic carbocycles. The first-order chi connectivity index (χ1) is 23.3. The lowest BCUT2D eigenvalue weighted by Crippen LogP contribution is -2.48. The third-order valence-corrected chi connectivity index (χ3v) is 13.1. The molecule has 3 fully saturated rings. The zero-order valence-electron chi connectivity index (χ0n) is 26.7. The van der Waals surface area contributed by atoms with E-state index in [2.05, 4.69) is 15.9 Å². The number of anilines is 1. The maximum Gasteiger partial charge on any atom is 0.257 e. The molecule has 252 valence electrons. The van der Waals surface area contributed by atoms with Crippen LogP contribution in [0.2, 0.25) is 5.02 Å². The Morgan fingerprint density at radius 1 is 1.08 bits per heavy atom. The van der Waals surface area contributed by atoms with Crippen LogP contribution < -0.4 is 9.64 Å². The minimum Gasteiger partial charge on any atom is -0.504 e. The Morgan fingerprint density at radius 2 is 1.84 bits per heavy atom. The second kappa shape index (κ2) is 11.0. The molecule has 4 heterocycles. The average Bonchev–Trinajstić information content (AvgIpc) is 3.73. The quantitative estimate of drug-likeness (QED) is 0.139. The lowest BCUT2D eigenvalue weighted by Gasteiger charge is -2.49. The summed E-state index contributed by atoms with van der Waals surface area (Å²) >= 11 is 11.3. The molecular formula is C35H30BrClN4O7S. The van der Waals surface area contributed by atoms with Crippen LogP contribution in [0.1, 0.15) is 36.8 Å². The number of imide groups is 2. The number of phenols is 1. The van der Waals surface area contributed by atoms with Crippen molar-refractivity contribution in [3.8, 4) is 22.1 Å². The Bertz CT molecular complexity index is 2210. The zero-order chi connectivity index (χ0) is 34.8. The van der Waals surface area contributed by atoms with Crippen LogP contribution in [-0.4, -0.2) is 55.9 Å². The molecule has 0 spiro atoms. The molecule has 4 aliphatic rings. The molecule has 1 saturated carbocycles. The Labute approximate surface area is 297 Å². The van der Waals surface area contributed by atoms with Crippen molar-refractivity contribution >= 4 is 78.4 Å². The second-order valence-corrected chi connectivity index (χ2v) is 15.8. The monoisotopic (exact) mass is 764 g/mol. The molecule has 0 bridgehead atoms. The van der Waals surface area contributed by atoms with Gasteiger partial charge in [0.2, 0.25) is 11.8 Å². The number of thiophene rings is 1. The predicted octanol–water partition coefficient (Wildman–Crippen LogP) is 6.36. The number of allylic oxidation sites excluding steroid dienone is 2. The highest BCUT2D eigenvalue weighted by molar-refractivity contribution is 9.10. The molecule has 4 amide bonds. The summed E-state index contributed by atoms with van der Waals surface area (Å²) in [5.41, 5.74) is 1.18. The van der Waals surface area contributed by atoms with Crippen LogP contribution in [0.15, 0.2) is 52.5 Å². The van der Waals surface area contributed by atoms with Crippen LogP contribution in [0.25, 0.3) is 20.7 Å². The Kier molecular flexibility index (Phi) is 7.21. The Morgan fingerprint density at radius 3 is 2.57 bits per heavy atom. The van der Waals surface area contributed by atoms with Gasteiger partial charge in [0, 0.05) is 38.8 Å². The first kappa shape index (κ1) is 32.2. The molecule has 11 nitrogen and oxygen atoms in total. The van der Waals surface area contributed by atoms with Gasteiger partial charge in [0.15, 0.2) is 11.5 Å². The van der Waals surface area contributed by atoms with E-state index >= 15 is 0 Å². The van der Waals surface area contributed by atoms with Gasteiger partial charge in [0.1, 0.15) is 11.5 Å². The number of nitrogens with zero attached hydrogens (tertiary/aromatic N) is 4. The summed E-state index contributed by atoms with van der Waals surface area (Å²) in [5.74, 6) is -6.24. The van der Waals surface area contributed by atoms with Gasteiger partial charge in [-0.15, -0.1) is 11.3 Å². The summed E-state index contributed by atoms with van der Waals surface area (Å²) in [7, 11) is 3.10. The van der Waals surface area contributed by atoms with E-state index in [0.29, 0.717) is 26.3 Å². The fraction of sp³-hybridized carbons (Fsp3) is 0.343. The van der Waals surface area contributed by atoms with E-state index < -0.39 is 58.6 Å². The number of ether oxygens (including phenoxy) is 1. The van der Waals surface area contributed by atoms with Crippen molar-refractivity contribution in [1.29, 1.82) is 0 Å². The lowest BCUT2D eigenvalue weighted by atomic mass is 9.51. The highest BCUT2D eigenvalue weighted by Gasteiger charge is 2.68. The Balaban J connectivity index is 1.28. The van der Waals surface area contributed by atoms with E-state index in [1.807, 2.05) is 31.2 Å². The number of hydroxylamine groups is 2. The number of rotatable bonds is 4. The van der Waals surface area contributed by atoms with Gasteiger partial charge in [-0.2, -0.15) is 10.2 Å². The van der Waals surface area contributed by atoms with Crippen LogP contribution >= 0.6 is 38.9 Å². The molecule has 0 radical (unpaired) electrons. The standard InChI is InChI=1S/C35H30BrClN4O7S/c1-14-19-11-16(37)5-8-25(19)49-30(14)23-13-26(39(3)38-23)40-32(44)22-12-20-17(6-7-18-27(20)33(45)41(47)31(18)43)28(35(22,2)34(40)46)21-9-15(36)10-24(48-4)29(21)42/h5-6,8-11,13,18,20,22,27-28,42,47H,7,12H2,1-4H3/t18-,20+,22-,27-,28+,35+/m0/s1. The first-order valence-corrected chi connectivity index (χ1v) is 17.7. The van der Waals surface area contributed by atoms with Crippen molar-refractivity contribution in [2.75, 3.05) is 12.0 Å². The molecule has 8 rings (SSSR count). The number of carbonyl (C=O) groups is 4. The van der Waals surface area contributed by atoms with Crippen molar-refractivity contribution in [2.24, 2.45) is 36.1 Å². The summed E-state index contributed by atoms with van der Waals surface area (Å²) in [5, 5.41) is 28.4. The number of halogens is 2. The number of aryl methyl sites for hydroxylation is 2. The van der Waals surface area contributed by atoms with Crippen molar-refractivity contribution in [3.05, 3.63) is 68.7 Å². The number of phenolic OH excluding ortho intramolecular Hbond substituents is 1. The number of carbonyl (C=O) groups excluding carboxylic acids is 4. The number of aromatic nitrogens is 2. The van der Waals surface area contributed by atoms with Gasteiger partial charge in [0.05, 0.1) is 35.2 Å². The minimum atomic E-state index is -1.41. The van der Waals surface area contributed by atoms with Crippen LogP contribution in [0.3, 0.4) is 0 Å². The highest BCUT2D eigenvalue weighted by Crippen LogP contribution is 2.65. The van der Waals surface area contributed by atoms with E-state index in [-0.39, 0.29) is 35.2 Å². The summed E-state index contributed by atoms with van der Waals surface area (Å²) in [6, 6.07) is 10.7. The van der Waals surface area contributed by atoms with Gasteiger partial charge in [0.25, 0.3) is 11.8 Å². The van der Waals surface area contributed by atoms with E-state index in [0.717, 1.165) is 20.5 Å². The van der Waals surface area contributed by atoms with Crippen molar-refractivity contribution in [1.82, 2.24) is 14.8 Å².